The zero-order valence-corrected chi connectivity index (χ0v) is 14.8. The monoisotopic (exact) mass is 382 g/mol. The Balaban J connectivity index is 1.65. The second-order valence-electron chi connectivity index (χ2n) is 5.42. The highest BCUT2D eigenvalue weighted by Crippen LogP contribution is 2.31. The van der Waals surface area contributed by atoms with Crippen molar-refractivity contribution in [2.45, 2.75) is 0 Å². The van der Waals surface area contributed by atoms with Gasteiger partial charge >= 0.3 is 5.97 Å². The standard InChI is InChI=1S/C20H15ClN2O4/c21-15-6-7-18(27-16-4-2-1-3-5-16)17(12-15)23-19(24)13-26-20(25)14-8-10-22-11-9-14/h1-12H,13H2,(H,23,24). The number of carbonyl (C=O) groups is 2. The van der Waals surface area contributed by atoms with Crippen LogP contribution in [-0.4, -0.2) is 23.5 Å². The van der Waals surface area contributed by atoms with E-state index in [1.807, 2.05) is 18.2 Å². The smallest absolute Gasteiger partial charge is 0.338 e. The van der Waals surface area contributed by atoms with Crippen LogP contribution >= 0.6 is 11.6 Å². The van der Waals surface area contributed by atoms with Crippen LogP contribution in [0.2, 0.25) is 5.02 Å². The molecule has 0 fully saturated rings. The van der Waals surface area contributed by atoms with Crippen molar-refractivity contribution in [1.82, 2.24) is 4.98 Å². The summed E-state index contributed by atoms with van der Waals surface area (Å²) in [6.45, 7) is -0.446. The normalized spacial score (nSPS) is 10.1. The molecule has 1 heterocycles. The van der Waals surface area contributed by atoms with Crippen molar-refractivity contribution in [1.29, 1.82) is 0 Å². The molecule has 0 spiro atoms. The van der Waals surface area contributed by atoms with Crippen molar-refractivity contribution in [3.8, 4) is 11.5 Å². The number of pyridine rings is 1. The summed E-state index contributed by atoms with van der Waals surface area (Å²) in [5.74, 6) is -0.101. The molecule has 2 aromatic carbocycles. The van der Waals surface area contributed by atoms with E-state index in [-0.39, 0.29) is 0 Å². The lowest BCUT2D eigenvalue weighted by Crippen LogP contribution is -2.21. The number of para-hydroxylation sites is 1. The van der Waals surface area contributed by atoms with Crippen LogP contribution in [0.3, 0.4) is 0 Å². The van der Waals surface area contributed by atoms with Crippen molar-refractivity contribution >= 4 is 29.2 Å². The average molecular weight is 383 g/mol. The van der Waals surface area contributed by atoms with Crippen LogP contribution in [0.1, 0.15) is 10.4 Å². The number of rotatable bonds is 6. The maximum atomic E-state index is 12.2. The molecule has 3 aromatic rings. The van der Waals surface area contributed by atoms with Crippen LogP contribution in [0.5, 0.6) is 11.5 Å². The third-order valence-electron chi connectivity index (χ3n) is 3.44. The minimum atomic E-state index is -0.612. The minimum Gasteiger partial charge on any atom is -0.455 e. The molecular formula is C20H15ClN2O4. The number of hydrogen-bond acceptors (Lipinski definition) is 5. The Morgan fingerprint density at radius 2 is 1.74 bits per heavy atom. The first-order valence-corrected chi connectivity index (χ1v) is 8.39. The summed E-state index contributed by atoms with van der Waals surface area (Å²) in [5.41, 5.74) is 0.685. The number of nitrogens with zero attached hydrogens (tertiary/aromatic N) is 1. The first kappa shape index (κ1) is 18.4. The Hall–Kier alpha value is -3.38. The molecule has 0 atom stereocenters. The highest BCUT2D eigenvalue weighted by Gasteiger charge is 2.13. The third kappa shape index (κ3) is 5.29. The molecule has 0 saturated heterocycles. The zero-order chi connectivity index (χ0) is 19.1. The number of esters is 1. The summed E-state index contributed by atoms with van der Waals surface area (Å²) in [5, 5.41) is 3.07. The second kappa shape index (κ2) is 8.82. The minimum absolute atomic E-state index is 0.314. The zero-order valence-electron chi connectivity index (χ0n) is 14.1. The number of benzene rings is 2. The Morgan fingerprint density at radius 1 is 1.00 bits per heavy atom. The van der Waals surface area contributed by atoms with E-state index in [4.69, 9.17) is 21.1 Å². The summed E-state index contributed by atoms with van der Waals surface area (Å²) >= 11 is 6.01. The molecule has 7 heteroatoms. The van der Waals surface area contributed by atoms with Crippen LogP contribution < -0.4 is 10.1 Å². The molecule has 1 N–H and O–H groups in total. The molecule has 1 amide bonds. The van der Waals surface area contributed by atoms with Gasteiger partial charge in [-0.05, 0) is 42.5 Å². The summed E-state index contributed by atoms with van der Waals surface area (Å²) in [6, 6.07) is 17.0. The van der Waals surface area contributed by atoms with Gasteiger partial charge in [0.05, 0.1) is 11.3 Å². The molecule has 0 aliphatic heterocycles. The molecule has 0 unspecified atom stereocenters. The molecular weight excluding hydrogens is 368 g/mol. The van der Waals surface area contributed by atoms with Crippen molar-refractivity contribution in [3.63, 3.8) is 0 Å². The quantitative estimate of drug-likeness (QED) is 0.642. The van der Waals surface area contributed by atoms with E-state index in [9.17, 15) is 9.59 Å². The molecule has 1 aromatic heterocycles. The highest BCUT2D eigenvalue weighted by molar-refractivity contribution is 6.31. The number of aromatic nitrogens is 1. The summed E-state index contributed by atoms with van der Waals surface area (Å²) in [4.78, 5) is 27.9. The van der Waals surface area contributed by atoms with Crippen molar-refractivity contribution in [3.05, 3.63) is 83.6 Å². The van der Waals surface area contributed by atoms with Crippen LogP contribution in [0.25, 0.3) is 0 Å². The van der Waals surface area contributed by atoms with Gasteiger partial charge in [0.1, 0.15) is 5.75 Å². The highest BCUT2D eigenvalue weighted by atomic mass is 35.5. The number of amides is 1. The van der Waals surface area contributed by atoms with E-state index < -0.39 is 18.5 Å². The van der Waals surface area contributed by atoms with Gasteiger partial charge in [-0.3, -0.25) is 9.78 Å². The van der Waals surface area contributed by atoms with Crippen LogP contribution in [0.4, 0.5) is 5.69 Å². The Labute approximate surface area is 160 Å². The first-order chi connectivity index (χ1) is 13.1. The lowest BCUT2D eigenvalue weighted by Gasteiger charge is -2.13. The summed E-state index contributed by atoms with van der Waals surface area (Å²) < 4.78 is 10.8. The van der Waals surface area contributed by atoms with E-state index in [1.54, 1.807) is 30.3 Å². The van der Waals surface area contributed by atoms with Gasteiger partial charge in [-0.2, -0.15) is 0 Å². The second-order valence-corrected chi connectivity index (χ2v) is 5.85. The van der Waals surface area contributed by atoms with Crippen molar-refractivity contribution < 1.29 is 19.1 Å². The molecule has 0 bridgehead atoms. The molecule has 3 rings (SSSR count). The SMILES string of the molecule is O=C(COC(=O)c1ccncc1)Nc1cc(Cl)ccc1Oc1ccccc1. The molecule has 27 heavy (non-hydrogen) atoms. The lowest BCUT2D eigenvalue weighted by atomic mass is 10.2. The van der Waals surface area contributed by atoms with Gasteiger partial charge in [0, 0.05) is 17.4 Å². The van der Waals surface area contributed by atoms with Gasteiger partial charge in [0.25, 0.3) is 5.91 Å². The Kier molecular flexibility index (Phi) is 6.02. The lowest BCUT2D eigenvalue weighted by molar-refractivity contribution is -0.119. The third-order valence-corrected chi connectivity index (χ3v) is 3.67. The van der Waals surface area contributed by atoms with Crippen molar-refractivity contribution in [2.75, 3.05) is 11.9 Å². The van der Waals surface area contributed by atoms with E-state index in [0.717, 1.165) is 0 Å². The van der Waals surface area contributed by atoms with Gasteiger partial charge in [-0.25, -0.2) is 4.79 Å². The maximum Gasteiger partial charge on any atom is 0.338 e. The van der Waals surface area contributed by atoms with Gasteiger partial charge in [0.15, 0.2) is 12.4 Å². The molecule has 136 valence electrons. The number of halogens is 1. The van der Waals surface area contributed by atoms with Gasteiger partial charge in [-0.1, -0.05) is 29.8 Å². The maximum absolute atomic E-state index is 12.2. The van der Waals surface area contributed by atoms with Gasteiger partial charge in [-0.15, -0.1) is 0 Å². The van der Waals surface area contributed by atoms with E-state index in [1.165, 1.54) is 24.5 Å². The van der Waals surface area contributed by atoms with Gasteiger partial charge in [0.2, 0.25) is 0 Å². The van der Waals surface area contributed by atoms with E-state index >= 15 is 0 Å². The van der Waals surface area contributed by atoms with Gasteiger partial charge < -0.3 is 14.8 Å². The van der Waals surface area contributed by atoms with E-state index in [0.29, 0.717) is 27.8 Å². The number of hydrogen-bond donors (Lipinski definition) is 1. The van der Waals surface area contributed by atoms with Crippen LogP contribution in [0, 0.1) is 0 Å². The fraction of sp³-hybridized carbons (Fsp3) is 0.0500. The van der Waals surface area contributed by atoms with E-state index in [2.05, 4.69) is 10.3 Å². The number of ether oxygens (including phenoxy) is 2. The molecule has 0 radical (unpaired) electrons. The number of nitrogens with one attached hydrogen (secondary N) is 1. The number of carbonyl (C=O) groups excluding carboxylic acids is 2. The fourth-order valence-corrected chi connectivity index (χ4v) is 2.37. The molecule has 0 aliphatic carbocycles. The molecule has 0 aliphatic rings. The predicted octanol–water partition coefficient (Wildman–Crippen LogP) is 4.32. The summed E-state index contributed by atoms with van der Waals surface area (Å²) in [7, 11) is 0. The molecule has 0 saturated carbocycles. The first-order valence-electron chi connectivity index (χ1n) is 8.01. The number of anilines is 1. The van der Waals surface area contributed by atoms with Crippen LogP contribution in [-0.2, 0) is 9.53 Å². The molecule has 6 nitrogen and oxygen atoms in total. The van der Waals surface area contributed by atoms with Crippen LogP contribution in [0.15, 0.2) is 73.1 Å². The fourth-order valence-electron chi connectivity index (χ4n) is 2.19. The predicted molar refractivity (Wildman–Crippen MR) is 101 cm³/mol. The summed E-state index contributed by atoms with van der Waals surface area (Å²) in [6.07, 6.45) is 2.94. The topological polar surface area (TPSA) is 77.5 Å². The average Bonchev–Trinajstić information content (AvgIpc) is 2.70. The largest absolute Gasteiger partial charge is 0.455 e. The van der Waals surface area contributed by atoms with Crippen molar-refractivity contribution in [2.24, 2.45) is 0 Å². The Bertz CT molecular complexity index is 933. The Morgan fingerprint density at radius 3 is 2.48 bits per heavy atom.